The summed E-state index contributed by atoms with van der Waals surface area (Å²) in [5, 5.41) is 12.7. The number of carbonyl (C=O) groups is 1. The van der Waals surface area contributed by atoms with Crippen LogP contribution in [0, 0.1) is 16.0 Å². The normalized spacial score (nSPS) is 16.6. The molecule has 2 heterocycles. The Bertz CT molecular complexity index is 885. The number of sulfonamides is 1. The monoisotopic (exact) mass is 380 g/mol. The molecule has 0 bridgehead atoms. The van der Waals surface area contributed by atoms with Crippen molar-refractivity contribution in [1.29, 1.82) is 0 Å². The highest BCUT2D eigenvalue weighted by Crippen LogP contribution is 2.28. The van der Waals surface area contributed by atoms with Crippen LogP contribution in [0.15, 0.2) is 46.7 Å². The van der Waals surface area contributed by atoms with Crippen molar-refractivity contribution in [2.24, 2.45) is 5.92 Å². The largest absolute Gasteiger partial charge is 0.293 e. The average molecular weight is 380 g/mol. The second-order valence-corrected chi connectivity index (χ2v) is 8.66. The van der Waals surface area contributed by atoms with Gasteiger partial charge in [0.15, 0.2) is 5.78 Å². The molecule has 7 nitrogen and oxygen atoms in total. The van der Waals surface area contributed by atoms with Crippen LogP contribution in [0.3, 0.4) is 0 Å². The van der Waals surface area contributed by atoms with Gasteiger partial charge in [0.25, 0.3) is 5.69 Å². The van der Waals surface area contributed by atoms with Crippen molar-refractivity contribution >= 4 is 32.8 Å². The maximum atomic E-state index is 12.7. The number of nitro groups is 1. The van der Waals surface area contributed by atoms with Gasteiger partial charge in [-0.2, -0.15) is 4.31 Å². The summed E-state index contributed by atoms with van der Waals surface area (Å²) >= 11 is 1.39. The summed E-state index contributed by atoms with van der Waals surface area (Å²) in [6.07, 6.45) is 0.899. The SMILES string of the molecule is O=C(c1cccs1)C1CCN(S(=O)(=O)c2cccc([N+](=O)[O-])c2)CC1. The van der Waals surface area contributed by atoms with Gasteiger partial charge in [-0.1, -0.05) is 12.1 Å². The second kappa shape index (κ2) is 7.03. The number of thiophene rings is 1. The molecule has 0 aliphatic carbocycles. The van der Waals surface area contributed by atoms with Crippen molar-refractivity contribution in [2.75, 3.05) is 13.1 Å². The fourth-order valence-corrected chi connectivity index (χ4v) is 5.14. The van der Waals surface area contributed by atoms with E-state index in [1.54, 1.807) is 6.07 Å². The molecule has 3 rings (SSSR count). The summed E-state index contributed by atoms with van der Waals surface area (Å²) < 4.78 is 26.7. The van der Waals surface area contributed by atoms with Crippen LogP contribution >= 0.6 is 11.3 Å². The Morgan fingerprint density at radius 1 is 1.20 bits per heavy atom. The number of ketones is 1. The molecule has 1 aromatic carbocycles. The highest BCUT2D eigenvalue weighted by atomic mass is 32.2. The summed E-state index contributed by atoms with van der Waals surface area (Å²) in [7, 11) is -3.80. The minimum Gasteiger partial charge on any atom is -0.293 e. The topological polar surface area (TPSA) is 97.6 Å². The predicted molar refractivity (Wildman–Crippen MR) is 93.2 cm³/mol. The van der Waals surface area contributed by atoms with Crippen LogP contribution in [-0.4, -0.2) is 36.5 Å². The molecule has 0 saturated carbocycles. The van der Waals surface area contributed by atoms with Crippen molar-refractivity contribution in [3.63, 3.8) is 0 Å². The summed E-state index contributed by atoms with van der Waals surface area (Å²) in [5.41, 5.74) is -0.260. The number of rotatable bonds is 5. The van der Waals surface area contributed by atoms with E-state index in [2.05, 4.69) is 0 Å². The van der Waals surface area contributed by atoms with Gasteiger partial charge in [0.2, 0.25) is 10.0 Å². The van der Waals surface area contributed by atoms with Crippen molar-refractivity contribution in [3.05, 3.63) is 56.8 Å². The van der Waals surface area contributed by atoms with Crippen molar-refractivity contribution in [2.45, 2.75) is 17.7 Å². The quantitative estimate of drug-likeness (QED) is 0.451. The summed E-state index contributed by atoms with van der Waals surface area (Å²) in [4.78, 5) is 23.2. The third kappa shape index (κ3) is 3.63. The number of non-ortho nitro benzene ring substituents is 1. The first-order valence-corrected chi connectivity index (χ1v) is 10.0. The van der Waals surface area contributed by atoms with Crippen LogP contribution in [0.1, 0.15) is 22.5 Å². The van der Waals surface area contributed by atoms with Crippen molar-refractivity contribution < 1.29 is 18.1 Å². The molecule has 1 aromatic heterocycles. The number of Topliss-reactive ketones (excluding diaryl/α,β-unsaturated/α-hetero) is 1. The lowest BCUT2D eigenvalue weighted by Crippen LogP contribution is -2.40. The lowest BCUT2D eigenvalue weighted by atomic mass is 9.93. The molecule has 0 unspecified atom stereocenters. The van der Waals surface area contributed by atoms with Crippen LogP contribution in [0.4, 0.5) is 5.69 Å². The zero-order valence-electron chi connectivity index (χ0n) is 13.2. The van der Waals surface area contributed by atoms with Gasteiger partial charge in [0, 0.05) is 31.1 Å². The van der Waals surface area contributed by atoms with Crippen LogP contribution in [0.25, 0.3) is 0 Å². The minimum atomic E-state index is -3.80. The van der Waals surface area contributed by atoms with E-state index in [1.807, 2.05) is 11.4 Å². The smallest absolute Gasteiger partial charge is 0.270 e. The van der Waals surface area contributed by atoms with Gasteiger partial charge in [0.1, 0.15) is 0 Å². The number of benzene rings is 1. The molecule has 9 heteroatoms. The lowest BCUT2D eigenvalue weighted by Gasteiger charge is -2.30. The second-order valence-electron chi connectivity index (χ2n) is 5.77. The maximum Gasteiger partial charge on any atom is 0.270 e. The van der Waals surface area contributed by atoms with Gasteiger partial charge in [-0.3, -0.25) is 14.9 Å². The van der Waals surface area contributed by atoms with E-state index in [0.29, 0.717) is 17.7 Å². The first kappa shape index (κ1) is 17.7. The van der Waals surface area contributed by atoms with Gasteiger partial charge in [0.05, 0.1) is 14.7 Å². The molecular weight excluding hydrogens is 364 g/mol. The molecule has 132 valence electrons. The Balaban J connectivity index is 1.72. The molecule has 1 fully saturated rings. The number of hydrogen-bond donors (Lipinski definition) is 0. The molecule has 0 atom stereocenters. The lowest BCUT2D eigenvalue weighted by molar-refractivity contribution is -0.385. The van der Waals surface area contributed by atoms with Crippen LogP contribution < -0.4 is 0 Å². The minimum absolute atomic E-state index is 0.0578. The maximum absolute atomic E-state index is 12.7. The third-order valence-electron chi connectivity index (χ3n) is 4.25. The van der Waals surface area contributed by atoms with Crippen molar-refractivity contribution in [3.8, 4) is 0 Å². The van der Waals surface area contributed by atoms with E-state index in [1.165, 1.54) is 33.8 Å². The Kier molecular flexibility index (Phi) is 4.98. The first-order valence-electron chi connectivity index (χ1n) is 7.72. The van der Waals surface area contributed by atoms with E-state index in [-0.39, 0.29) is 35.4 Å². The highest BCUT2D eigenvalue weighted by molar-refractivity contribution is 7.89. The van der Waals surface area contributed by atoms with Crippen LogP contribution in [0.5, 0.6) is 0 Å². The number of nitro benzene ring substituents is 1. The molecule has 2 aromatic rings. The number of nitrogens with zero attached hydrogens (tertiary/aromatic N) is 2. The van der Waals surface area contributed by atoms with Gasteiger partial charge in [-0.25, -0.2) is 8.42 Å². The molecular formula is C16H16N2O5S2. The van der Waals surface area contributed by atoms with E-state index in [9.17, 15) is 23.3 Å². The Morgan fingerprint density at radius 3 is 2.52 bits per heavy atom. The zero-order chi connectivity index (χ0) is 18.0. The predicted octanol–water partition coefficient (Wildman–Crippen LogP) is 2.94. The average Bonchev–Trinajstić information content (AvgIpc) is 3.16. The number of carbonyl (C=O) groups excluding carboxylic acids is 1. The summed E-state index contributed by atoms with van der Waals surface area (Å²) in [6.45, 7) is 0.458. The van der Waals surface area contributed by atoms with Crippen LogP contribution in [-0.2, 0) is 10.0 Å². The van der Waals surface area contributed by atoms with Gasteiger partial charge < -0.3 is 0 Å². The van der Waals surface area contributed by atoms with E-state index < -0.39 is 14.9 Å². The zero-order valence-corrected chi connectivity index (χ0v) is 14.8. The van der Waals surface area contributed by atoms with Gasteiger partial charge in [-0.05, 0) is 30.4 Å². The molecule has 25 heavy (non-hydrogen) atoms. The molecule has 1 aliphatic rings. The molecule has 1 aliphatic heterocycles. The highest BCUT2D eigenvalue weighted by Gasteiger charge is 2.33. The fraction of sp³-hybridized carbons (Fsp3) is 0.312. The summed E-state index contributed by atoms with van der Waals surface area (Å²) in [5.74, 6) is -0.127. The van der Waals surface area contributed by atoms with Gasteiger partial charge >= 0.3 is 0 Å². The number of hydrogen-bond acceptors (Lipinski definition) is 6. The van der Waals surface area contributed by atoms with E-state index in [4.69, 9.17) is 0 Å². The number of piperidine rings is 1. The Labute approximate surface area is 149 Å². The molecule has 0 N–H and O–H groups in total. The fourth-order valence-electron chi connectivity index (χ4n) is 2.88. The standard InChI is InChI=1S/C16H16N2O5S2/c19-16(15-5-2-10-24-15)12-6-8-17(9-7-12)25(22,23)14-4-1-3-13(11-14)18(20)21/h1-5,10-12H,6-9H2. The van der Waals surface area contributed by atoms with E-state index in [0.717, 1.165) is 6.07 Å². The van der Waals surface area contributed by atoms with Crippen LogP contribution in [0.2, 0.25) is 0 Å². The summed E-state index contributed by atoms with van der Waals surface area (Å²) in [6, 6.07) is 8.63. The molecule has 0 amide bonds. The molecule has 0 spiro atoms. The van der Waals surface area contributed by atoms with Gasteiger partial charge in [-0.15, -0.1) is 11.3 Å². The Hall–Kier alpha value is -2.10. The Morgan fingerprint density at radius 2 is 1.92 bits per heavy atom. The van der Waals surface area contributed by atoms with Crippen molar-refractivity contribution in [1.82, 2.24) is 4.31 Å². The molecule has 1 saturated heterocycles. The third-order valence-corrected chi connectivity index (χ3v) is 7.03. The first-order chi connectivity index (χ1) is 11.9. The van der Waals surface area contributed by atoms with E-state index >= 15 is 0 Å². The molecule has 0 radical (unpaired) electrons.